The van der Waals surface area contributed by atoms with E-state index < -0.39 is 0 Å². The predicted molar refractivity (Wildman–Crippen MR) is 113 cm³/mol. The van der Waals surface area contributed by atoms with Crippen LogP contribution in [0.5, 0.6) is 0 Å². The first-order valence-corrected chi connectivity index (χ1v) is 10.0. The number of nitrogens with one attached hydrogen (secondary N) is 3. The van der Waals surface area contributed by atoms with Crippen LogP contribution in [0.4, 0.5) is 5.69 Å². The number of anilines is 1. The van der Waals surface area contributed by atoms with Gasteiger partial charge in [-0.2, -0.15) is 5.10 Å². The second-order valence-corrected chi connectivity index (χ2v) is 7.11. The molecule has 2 aromatic heterocycles. The quantitative estimate of drug-likeness (QED) is 0.404. The van der Waals surface area contributed by atoms with E-state index in [-0.39, 0.29) is 12.5 Å². The summed E-state index contributed by atoms with van der Waals surface area (Å²) in [4.78, 5) is 18.0. The summed E-state index contributed by atoms with van der Waals surface area (Å²) in [6, 6.07) is 13.6. The number of aromatic nitrogens is 2. The molecule has 0 radical (unpaired) electrons. The minimum absolute atomic E-state index is 0.115. The Labute approximate surface area is 168 Å². The third-order valence-electron chi connectivity index (χ3n) is 3.85. The molecule has 0 fully saturated rings. The Morgan fingerprint density at radius 2 is 2.14 bits per heavy atom. The normalized spacial score (nSPS) is 11.2. The second kappa shape index (κ2) is 10.3. The van der Waals surface area contributed by atoms with E-state index in [1.165, 1.54) is 4.88 Å². The second-order valence-electron chi connectivity index (χ2n) is 6.08. The van der Waals surface area contributed by atoms with Crippen molar-refractivity contribution in [3.8, 4) is 0 Å². The molecule has 3 aromatic rings. The molecule has 28 heavy (non-hydrogen) atoms. The highest BCUT2D eigenvalue weighted by molar-refractivity contribution is 7.09. The number of thiophene rings is 1. The molecule has 3 N–H and O–H groups in total. The van der Waals surface area contributed by atoms with Crippen molar-refractivity contribution in [1.29, 1.82) is 0 Å². The molecule has 1 amide bonds. The van der Waals surface area contributed by atoms with E-state index in [0.29, 0.717) is 6.54 Å². The van der Waals surface area contributed by atoms with Crippen LogP contribution >= 0.6 is 11.3 Å². The maximum atomic E-state index is 12.1. The van der Waals surface area contributed by atoms with Crippen molar-refractivity contribution in [3.63, 3.8) is 0 Å². The standard InChI is InChI=1S/C20H24N6OS/c1-2-21-20(23-14-18-8-4-11-28-18)22-13-16-6-3-7-17(12-16)25-19(27)15-26-10-5-9-24-26/h3-12H,2,13-15H2,1H3,(H,25,27)(H2,21,22,23). The molecule has 0 bridgehead atoms. The number of aliphatic imine (C=N–C) groups is 1. The van der Waals surface area contributed by atoms with Gasteiger partial charge >= 0.3 is 0 Å². The van der Waals surface area contributed by atoms with Gasteiger partial charge in [0.15, 0.2) is 5.96 Å². The van der Waals surface area contributed by atoms with Gasteiger partial charge in [-0.1, -0.05) is 18.2 Å². The number of carbonyl (C=O) groups is 1. The summed E-state index contributed by atoms with van der Waals surface area (Å²) in [5, 5.41) is 15.6. The highest BCUT2D eigenvalue weighted by Gasteiger charge is 2.05. The summed E-state index contributed by atoms with van der Waals surface area (Å²) in [5.41, 5.74) is 1.77. The van der Waals surface area contributed by atoms with E-state index in [4.69, 9.17) is 0 Å². The van der Waals surface area contributed by atoms with Gasteiger partial charge in [0.1, 0.15) is 6.54 Å². The third kappa shape index (κ3) is 6.24. The number of rotatable bonds is 8. The largest absolute Gasteiger partial charge is 0.357 e. The van der Waals surface area contributed by atoms with Crippen LogP contribution in [0.15, 0.2) is 65.2 Å². The van der Waals surface area contributed by atoms with Crippen LogP contribution < -0.4 is 16.0 Å². The van der Waals surface area contributed by atoms with E-state index in [1.54, 1.807) is 34.5 Å². The predicted octanol–water partition coefficient (Wildman–Crippen LogP) is 2.84. The number of carbonyl (C=O) groups excluding carboxylic acids is 1. The van der Waals surface area contributed by atoms with Gasteiger partial charge in [0.25, 0.3) is 0 Å². The average Bonchev–Trinajstić information content (AvgIpc) is 3.38. The van der Waals surface area contributed by atoms with Gasteiger partial charge in [-0.3, -0.25) is 9.48 Å². The van der Waals surface area contributed by atoms with E-state index in [2.05, 4.69) is 37.5 Å². The Bertz CT molecular complexity index is 889. The minimum atomic E-state index is -0.115. The summed E-state index contributed by atoms with van der Waals surface area (Å²) in [6.07, 6.45) is 3.41. The molecule has 7 nitrogen and oxygen atoms in total. The van der Waals surface area contributed by atoms with Gasteiger partial charge in [0.05, 0.1) is 13.1 Å². The van der Waals surface area contributed by atoms with E-state index >= 15 is 0 Å². The smallest absolute Gasteiger partial charge is 0.246 e. The van der Waals surface area contributed by atoms with Gasteiger partial charge in [0.2, 0.25) is 5.91 Å². The molecule has 2 heterocycles. The Balaban J connectivity index is 1.57. The highest BCUT2D eigenvalue weighted by Crippen LogP contribution is 2.12. The maximum Gasteiger partial charge on any atom is 0.246 e. The summed E-state index contributed by atoms with van der Waals surface area (Å²) in [7, 11) is 0. The Kier molecular flexibility index (Phi) is 7.20. The van der Waals surface area contributed by atoms with Crippen molar-refractivity contribution in [3.05, 3.63) is 70.7 Å². The molecule has 0 atom stereocenters. The molecule has 0 saturated carbocycles. The molecule has 0 saturated heterocycles. The van der Waals surface area contributed by atoms with Crippen LogP contribution in [0.25, 0.3) is 0 Å². The van der Waals surface area contributed by atoms with Crippen molar-refractivity contribution >= 4 is 28.9 Å². The van der Waals surface area contributed by atoms with Gasteiger partial charge in [-0.05, 0) is 42.1 Å². The molecular formula is C20H24N6OS. The first-order valence-electron chi connectivity index (χ1n) is 9.13. The molecule has 146 valence electrons. The number of guanidine groups is 1. The van der Waals surface area contributed by atoms with Gasteiger partial charge < -0.3 is 16.0 Å². The molecular weight excluding hydrogens is 372 g/mol. The van der Waals surface area contributed by atoms with Crippen LogP contribution in [0.2, 0.25) is 0 Å². The topological polar surface area (TPSA) is 83.3 Å². The van der Waals surface area contributed by atoms with Crippen molar-refractivity contribution in [2.45, 2.75) is 26.6 Å². The van der Waals surface area contributed by atoms with Crippen molar-refractivity contribution in [1.82, 2.24) is 20.4 Å². The van der Waals surface area contributed by atoms with Crippen molar-refractivity contribution in [2.24, 2.45) is 4.99 Å². The zero-order valence-electron chi connectivity index (χ0n) is 15.8. The minimum Gasteiger partial charge on any atom is -0.357 e. The Morgan fingerprint density at radius 1 is 1.21 bits per heavy atom. The van der Waals surface area contributed by atoms with E-state index in [0.717, 1.165) is 30.3 Å². The lowest BCUT2D eigenvalue weighted by molar-refractivity contribution is -0.116. The fourth-order valence-electron chi connectivity index (χ4n) is 2.59. The molecule has 1 aromatic carbocycles. The lowest BCUT2D eigenvalue weighted by atomic mass is 10.2. The fourth-order valence-corrected chi connectivity index (χ4v) is 3.23. The van der Waals surface area contributed by atoms with Crippen LogP contribution in [-0.2, 0) is 24.4 Å². The molecule has 0 aliphatic heterocycles. The van der Waals surface area contributed by atoms with Crippen LogP contribution in [0, 0.1) is 0 Å². The Hall–Kier alpha value is -3.13. The monoisotopic (exact) mass is 396 g/mol. The number of amides is 1. The summed E-state index contributed by atoms with van der Waals surface area (Å²) in [5.74, 6) is 0.652. The Morgan fingerprint density at radius 3 is 2.89 bits per heavy atom. The highest BCUT2D eigenvalue weighted by atomic mass is 32.1. The zero-order chi connectivity index (χ0) is 19.6. The molecule has 0 unspecified atom stereocenters. The summed E-state index contributed by atoms with van der Waals surface area (Å²) < 4.78 is 1.59. The van der Waals surface area contributed by atoms with E-state index in [9.17, 15) is 4.79 Å². The lowest BCUT2D eigenvalue weighted by Gasteiger charge is -2.11. The fraction of sp³-hybridized carbons (Fsp3) is 0.250. The molecule has 0 spiro atoms. The van der Waals surface area contributed by atoms with Crippen LogP contribution in [0.3, 0.4) is 0 Å². The van der Waals surface area contributed by atoms with Gasteiger partial charge in [-0.15, -0.1) is 11.3 Å². The lowest BCUT2D eigenvalue weighted by Crippen LogP contribution is -2.36. The average molecular weight is 397 g/mol. The van der Waals surface area contributed by atoms with Crippen LogP contribution in [0.1, 0.15) is 17.4 Å². The SMILES string of the molecule is CCNC(=NCc1cccc(NC(=O)Cn2cccn2)c1)NCc1cccs1. The van der Waals surface area contributed by atoms with E-state index in [1.807, 2.05) is 37.3 Å². The van der Waals surface area contributed by atoms with Crippen molar-refractivity contribution < 1.29 is 4.79 Å². The molecule has 0 aliphatic carbocycles. The summed E-state index contributed by atoms with van der Waals surface area (Å²) in [6.45, 7) is 4.28. The zero-order valence-corrected chi connectivity index (χ0v) is 16.6. The first-order chi connectivity index (χ1) is 13.7. The molecule has 8 heteroatoms. The first kappa shape index (κ1) is 19.6. The van der Waals surface area contributed by atoms with Crippen molar-refractivity contribution in [2.75, 3.05) is 11.9 Å². The van der Waals surface area contributed by atoms with Gasteiger partial charge in [-0.25, -0.2) is 4.99 Å². The number of nitrogens with zero attached hydrogens (tertiary/aromatic N) is 3. The molecule has 0 aliphatic rings. The number of benzene rings is 1. The van der Waals surface area contributed by atoms with Crippen LogP contribution in [-0.4, -0.2) is 28.2 Å². The number of hydrogen-bond acceptors (Lipinski definition) is 4. The van der Waals surface area contributed by atoms with Gasteiger partial charge in [0, 0.05) is 29.5 Å². The molecule has 3 rings (SSSR count). The third-order valence-corrected chi connectivity index (χ3v) is 4.73. The number of hydrogen-bond donors (Lipinski definition) is 3. The summed E-state index contributed by atoms with van der Waals surface area (Å²) >= 11 is 1.71. The maximum absolute atomic E-state index is 12.1.